The Morgan fingerprint density at radius 3 is 2.67 bits per heavy atom. The van der Waals surface area contributed by atoms with Crippen molar-refractivity contribution in [3.63, 3.8) is 0 Å². The average Bonchev–Trinajstić information content (AvgIpc) is 2.70. The summed E-state index contributed by atoms with van der Waals surface area (Å²) in [5.74, 6) is -0.233. The average molecular weight is 291 g/mol. The third kappa shape index (κ3) is 2.86. The number of nitrogens with zero attached hydrogens (tertiary/aromatic N) is 1. The fraction of sp³-hybridized carbons (Fsp3) is 0.500. The van der Waals surface area contributed by atoms with Gasteiger partial charge in [0, 0.05) is 25.1 Å². The molecule has 0 aromatic rings. The molecular weight excluding hydrogens is 270 g/mol. The molecule has 0 amide bonds. The van der Waals surface area contributed by atoms with Crippen molar-refractivity contribution in [3.05, 3.63) is 35.3 Å². The van der Waals surface area contributed by atoms with Crippen LogP contribution in [0.4, 0.5) is 0 Å². The van der Waals surface area contributed by atoms with Gasteiger partial charge in [0.15, 0.2) is 0 Å². The standard InChI is InChI=1S/C16H21NO4/c1-5-14(18)21-11-7-8-13-12(9-11)15(10(3)17(13)4)16(19)20-6-2/h7-9,12-13H,5-6H2,1-4H3/t12-,13+/m0/s1. The summed E-state index contributed by atoms with van der Waals surface area (Å²) in [4.78, 5) is 25.6. The molecule has 0 unspecified atom stereocenters. The minimum atomic E-state index is -0.304. The van der Waals surface area contributed by atoms with E-state index in [0.717, 1.165) is 5.70 Å². The van der Waals surface area contributed by atoms with Gasteiger partial charge in [0.2, 0.25) is 0 Å². The van der Waals surface area contributed by atoms with Crippen molar-refractivity contribution in [2.45, 2.75) is 33.2 Å². The third-order valence-corrected chi connectivity index (χ3v) is 3.88. The number of hydrogen-bond donors (Lipinski definition) is 0. The Hall–Kier alpha value is -2.04. The summed E-state index contributed by atoms with van der Waals surface area (Å²) in [7, 11) is 1.94. The van der Waals surface area contributed by atoms with Gasteiger partial charge >= 0.3 is 11.9 Å². The summed E-state index contributed by atoms with van der Waals surface area (Å²) in [6.07, 6.45) is 5.89. The van der Waals surface area contributed by atoms with Crippen molar-refractivity contribution in [1.29, 1.82) is 0 Å². The number of ether oxygens (including phenoxy) is 2. The maximum atomic E-state index is 12.2. The number of carbonyl (C=O) groups excluding carboxylic acids is 2. The van der Waals surface area contributed by atoms with E-state index in [0.29, 0.717) is 24.4 Å². The lowest BCUT2D eigenvalue weighted by Crippen LogP contribution is -2.30. The number of esters is 2. The number of carbonyl (C=O) groups is 2. The van der Waals surface area contributed by atoms with Crippen molar-refractivity contribution in [2.24, 2.45) is 5.92 Å². The van der Waals surface area contributed by atoms with Crippen LogP contribution in [0.2, 0.25) is 0 Å². The molecule has 114 valence electrons. The van der Waals surface area contributed by atoms with Crippen molar-refractivity contribution in [3.8, 4) is 0 Å². The van der Waals surface area contributed by atoms with Crippen molar-refractivity contribution >= 4 is 11.9 Å². The molecule has 1 heterocycles. The second-order valence-corrected chi connectivity index (χ2v) is 5.10. The molecule has 0 aromatic heterocycles. The molecular formula is C16H21NO4. The van der Waals surface area contributed by atoms with Crippen molar-refractivity contribution < 1.29 is 19.1 Å². The highest BCUT2D eigenvalue weighted by Gasteiger charge is 2.40. The second-order valence-electron chi connectivity index (χ2n) is 5.10. The highest BCUT2D eigenvalue weighted by atomic mass is 16.5. The predicted octanol–water partition coefficient (Wildman–Crippen LogP) is 2.16. The lowest BCUT2D eigenvalue weighted by Gasteiger charge is -2.26. The van der Waals surface area contributed by atoms with Crippen molar-refractivity contribution in [2.75, 3.05) is 13.7 Å². The van der Waals surface area contributed by atoms with E-state index in [1.165, 1.54) is 0 Å². The van der Waals surface area contributed by atoms with Crippen LogP contribution in [0.15, 0.2) is 35.3 Å². The van der Waals surface area contributed by atoms with Crippen LogP contribution in [0.5, 0.6) is 0 Å². The SMILES string of the molecule is CCOC(=O)C1=C(C)N(C)[C@@H]2C=CC(OC(=O)CC)=C[C@H]12. The summed E-state index contributed by atoms with van der Waals surface area (Å²) in [6.45, 7) is 5.78. The molecule has 1 aliphatic carbocycles. The minimum Gasteiger partial charge on any atom is -0.463 e. The maximum absolute atomic E-state index is 12.2. The van der Waals surface area contributed by atoms with Gasteiger partial charge in [0.25, 0.3) is 0 Å². The largest absolute Gasteiger partial charge is 0.463 e. The zero-order valence-electron chi connectivity index (χ0n) is 12.9. The van der Waals surface area contributed by atoms with Gasteiger partial charge in [-0.2, -0.15) is 0 Å². The molecule has 0 fully saturated rings. The van der Waals surface area contributed by atoms with Crippen LogP contribution < -0.4 is 0 Å². The van der Waals surface area contributed by atoms with E-state index >= 15 is 0 Å². The van der Waals surface area contributed by atoms with Gasteiger partial charge in [-0.25, -0.2) is 4.79 Å². The molecule has 0 N–H and O–H groups in total. The van der Waals surface area contributed by atoms with Crippen LogP contribution in [-0.2, 0) is 19.1 Å². The van der Waals surface area contributed by atoms with Crippen LogP contribution in [0.3, 0.4) is 0 Å². The summed E-state index contributed by atoms with van der Waals surface area (Å²) < 4.78 is 10.4. The number of likely N-dealkylation sites (N-methyl/N-ethyl adjacent to an activating group) is 1. The molecule has 21 heavy (non-hydrogen) atoms. The number of hydrogen-bond acceptors (Lipinski definition) is 5. The van der Waals surface area contributed by atoms with Gasteiger partial charge in [-0.3, -0.25) is 4.79 Å². The molecule has 2 aliphatic rings. The van der Waals surface area contributed by atoms with Crippen molar-refractivity contribution in [1.82, 2.24) is 4.90 Å². The predicted molar refractivity (Wildman–Crippen MR) is 78.0 cm³/mol. The first-order valence-corrected chi connectivity index (χ1v) is 7.21. The first kappa shape index (κ1) is 15.4. The van der Waals surface area contributed by atoms with Gasteiger partial charge in [-0.05, 0) is 26.0 Å². The summed E-state index contributed by atoms with van der Waals surface area (Å²) in [5, 5.41) is 0. The van der Waals surface area contributed by atoms with Gasteiger partial charge in [0.05, 0.1) is 18.2 Å². The van der Waals surface area contributed by atoms with Crippen LogP contribution in [0, 0.1) is 5.92 Å². The summed E-state index contributed by atoms with van der Waals surface area (Å²) in [6, 6.07) is 0.0634. The molecule has 5 heteroatoms. The molecule has 2 rings (SSSR count). The highest BCUT2D eigenvalue weighted by Crippen LogP contribution is 2.38. The molecule has 5 nitrogen and oxygen atoms in total. The van der Waals surface area contributed by atoms with E-state index in [2.05, 4.69) is 0 Å². The summed E-state index contributed by atoms with van der Waals surface area (Å²) in [5.41, 5.74) is 1.53. The normalized spacial score (nSPS) is 23.8. The quantitative estimate of drug-likeness (QED) is 0.743. The Kier molecular flexibility index (Phi) is 4.50. The van der Waals surface area contributed by atoms with Gasteiger partial charge in [0.1, 0.15) is 5.76 Å². The molecule has 0 saturated carbocycles. The first-order valence-electron chi connectivity index (χ1n) is 7.21. The smallest absolute Gasteiger partial charge is 0.336 e. The third-order valence-electron chi connectivity index (χ3n) is 3.88. The number of fused-ring (bicyclic) bond motifs is 1. The Bertz CT molecular complexity index is 544. The lowest BCUT2D eigenvalue weighted by atomic mass is 9.90. The van der Waals surface area contributed by atoms with Crippen LogP contribution in [-0.4, -0.2) is 36.5 Å². The molecule has 0 aromatic carbocycles. The number of rotatable bonds is 4. The van der Waals surface area contributed by atoms with E-state index in [-0.39, 0.29) is 23.9 Å². The molecule has 2 atom stereocenters. The molecule has 0 bridgehead atoms. The van der Waals surface area contributed by atoms with E-state index in [9.17, 15) is 9.59 Å². The first-order chi connectivity index (χ1) is 9.99. The zero-order chi connectivity index (χ0) is 15.6. The zero-order valence-corrected chi connectivity index (χ0v) is 12.9. The Morgan fingerprint density at radius 1 is 1.33 bits per heavy atom. The Labute approximate surface area is 124 Å². The molecule has 0 radical (unpaired) electrons. The second kappa shape index (κ2) is 6.16. The molecule has 0 saturated heterocycles. The van der Waals surface area contributed by atoms with Crippen LogP contribution in [0.25, 0.3) is 0 Å². The highest BCUT2D eigenvalue weighted by molar-refractivity contribution is 5.91. The Balaban J connectivity index is 2.28. The van der Waals surface area contributed by atoms with Gasteiger partial charge in [-0.15, -0.1) is 0 Å². The molecule has 1 aliphatic heterocycles. The van der Waals surface area contributed by atoms with Gasteiger partial charge < -0.3 is 14.4 Å². The topological polar surface area (TPSA) is 55.8 Å². The van der Waals surface area contributed by atoms with E-state index in [1.54, 1.807) is 19.9 Å². The van der Waals surface area contributed by atoms with Crippen LogP contribution >= 0.6 is 0 Å². The maximum Gasteiger partial charge on any atom is 0.336 e. The van der Waals surface area contributed by atoms with E-state index in [4.69, 9.17) is 9.47 Å². The molecule has 0 spiro atoms. The van der Waals surface area contributed by atoms with E-state index in [1.807, 2.05) is 31.0 Å². The minimum absolute atomic E-state index is 0.0634. The lowest BCUT2D eigenvalue weighted by molar-refractivity contribution is -0.139. The van der Waals surface area contributed by atoms with E-state index < -0.39 is 0 Å². The Morgan fingerprint density at radius 2 is 2.05 bits per heavy atom. The monoisotopic (exact) mass is 291 g/mol. The fourth-order valence-corrected chi connectivity index (χ4v) is 2.69. The van der Waals surface area contributed by atoms with Gasteiger partial charge in [-0.1, -0.05) is 13.0 Å². The number of allylic oxidation sites excluding steroid dienone is 2. The van der Waals surface area contributed by atoms with Crippen LogP contribution in [0.1, 0.15) is 27.2 Å². The fourth-order valence-electron chi connectivity index (χ4n) is 2.69. The summed E-state index contributed by atoms with van der Waals surface area (Å²) >= 11 is 0.